The van der Waals surface area contributed by atoms with Crippen molar-refractivity contribution in [3.63, 3.8) is 0 Å². The van der Waals surface area contributed by atoms with Gasteiger partial charge in [0.05, 0.1) is 10.3 Å². The fraction of sp³-hybridized carbons (Fsp3) is 0.105. The lowest BCUT2D eigenvalue weighted by Crippen LogP contribution is -2.20. The molecule has 7 aromatic rings. The summed E-state index contributed by atoms with van der Waals surface area (Å²) in [7, 11) is 0. The van der Waals surface area contributed by atoms with Crippen LogP contribution in [0.4, 0.5) is 0 Å². The van der Waals surface area contributed by atoms with Gasteiger partial charge >= 0.3 is 0 Å². The van der Waals surface area contributed by atoms with Crippen molar-refractivity contribution in [3.05, 3.63) is 156 Å². The smallest absolute Gasteiger partial charge is 0.0953 e. The van der Waals surface area contributed by atoms with Crippen molar-refractivity contribution in [2.45, 2.75) is 23.6 Å². The van der Waals surface area contributed by atoms with E-state index in [-0.39, 0.29) is 5.38 Å². The van der Waals surface area contributed by atoms with Crippen LogP contribution < -0.4 is 0 Å². The molecule has 194 valence electrons. The quantitative estimate of drug-likeness (QED) is 0.146. The van der Waals surface area contributed by atoms with E-state index in [0.717, 1.165) is 23.1 Å². The number of halogens is 2. The van der Waals surface area contributed by atoms with Crippen molar-refractivity contribution in [3.8, 4) is 0 Å². The van der Waals surface area contributed by atoms with E-state index in [1.165, 1.54) is 48.7 Å². The van der Waals surface area contributed by atoms with Crippen molar-refractivity contribution in [2.75, 3.05) is 0 Å². The highest BCUT2D eigenvalue weighted by atomic mass is 35.5. The van der Waals surface area contributed by atoms with Gasteiger partial charge in [0.15, 0.2) is 0 Å². The number of benzene rings is 7. The van der Waals surface area contributed by atoms with Gasteiger partial charge in [-0.3, -0.25) is 0 Å². The normalized spacial score (nSPS) is 14.1. The molecular weight excluding hydrogens is 527 g/mol. The highest BCUT2D eigenvalue weighted by Gasteiger charge is 2.33. The SMILES string of the molecule is CCC(Cl)(c1ccc(C(Cl)c2c3ccccc3cc3ccccc23)cc1)c1c2ccccc2cc2ccccc12. The maximum atomic E-state index is 7.70. The zero-order chi connectivity index (χ0) is 27.3. The number of alkyl halides is 2. The van der Waals surface area contributed by atoms with Gasteiger partial charge in [-0.25, -0.2) is 0 Å². The van der Waals surface area contributed by atoms with Crippen molar-refractivity contribution >= 4 is 66.3 Å². The van der Waals surface area contributed by atoms with Crippen LogP contribution in [0.3, 0.4) is 0 Å². The minimum Gasteiger partial charge on any atom is -0.113 e. The minimum atomic E-state index is -0.688. The van der Waals surface area contributed by atoms with Gasteiger partial charge in [0.1, 0.15) is 0 Å². The molecule has 0 saturated carbocycles. The molecule has 7 rings (SSSR count). The third-order valence-electron chi connectivity index (χ3n) is 8.38. The number of hydrogen-bond acceptors (Lipinski definition) is 0. The topological polar surface area (TPSA) is 0 Å². The Bertz CT molecular complexity index is 1910. The monoisotopic (exact) mass is 554 g/mol. The summed E-state index contributed by atoms with van der Waals surface area (Å²) in [6.45, 7) is 2.17. The van der Waals surface area contributed by atoms with E-state index < -0.39 is 4.87 Å². The lowest BCUT2D eigenvalue weighted by atomic mass is 9.81. The van der Waals surface area contributed by atoms with Crippen LogP contribution in [0.2, 0.25) is 0 Å². The average molecular weight is 556 g/mol. The Morgan fingerprint density at radius 2 is 0.950 bits per heavy atom. The largest absolute Gasteiger partial charge is 0.113 e. The molecule has 0 radical (unpaired) electrons. The lowest BCUT2D eigenvalue weighted by molar-refractivity contribution is 0.707. The third kappa shape index (κ3) is 3.98. The lowest BCUT2D eigenvalue weighted by Gasteiger charge is -2.30. The van der Waals surface area contributed by atoms with Crippen LogP contribution >= 0.6 is 23.2 Å². The van der Waals surface area contributed by atoms with Crippen molar-refractivity contribution < 1.29 is 0 Å². The molecule has 0 N–H and O–H groups in total. The van der Waals surface area contributed by atoms with Crippen LogP contribution in [0.25, 0.3) is 43.1 Å². The summed E-state index contributed by atoms with van der Waals surface area (Å²) < 4.78 is 0. The van der Waals surface area contributed by atoms with Crippen LogP contribution in [-0.4, -0.2) is 0 Å². The van der Waals surface area contributed by atoms with Gasteiger partial charge in [-0.15, -0.1) is 23.2 Å². The molecule has 0 bridgehead atoms. The summed E-state index contributed by atoms with van der Waals surface area (Å²) in [5.41, 5.74) is 4.45. The van der Waals surface area contributed by atoms with Gasteiger partial charge in [-0.2, -0.15) is 0 Å². The molecule has 0 aromatic heterocycles. The van der Waals surface area contributed by atoms with Crippen LogP contribution in [0.1, 0.15) is 41.0 Å². The van der Waals surface area contributed by atoms with Crippen molar-refractivity contribution in [1.29, 1.82) is 0 Å². The van der Waals surface area contributed by atoms with E-state index in [2.05, 4.69) is 140 Å². The highest BCUT2D eigenvalue weighted by Crippen LogP contribution is 2.47. The molecule has 2 atom stereocenters. The van der Waals surface area contributed by atoms with E-state index >= 15 is 0 Å². The van der Waals surface area contributed by atoms with E-state index in [1.807, 2.05) is 0 Å². The van der Waals surface area contributed by atoms with E-state index in [4.69, 9.17) is 23.2 Å². The molecule has 0 aliphatic carbocycles. The first-order valence-electron chi connectivity index (χ1n) is 13.8. The molecule has 0 aliphatic rings. The molecule has 40 heavy (non-hydrogen) atoms. The van der Waals surface area contributed by atoms with Gasteiger partial charge in [0.25, 0.3) is 0 Å². The predicted octanol–water partition coefficient (Wildman–Crippen LogP) is 11.5. The molecule has 0 spiro atoms. The summed E-state index contributed by atoms with van der Waals surface area (Å²) in [6.07, 6.45) is 0.754. The Balaban J connectivity index is 1.38. The van der Waals surface area contributed by atoms with Crippen LogP contribution in [0, 0.1) is 0 Å². The molecule has 0 saturated heterocycles. The Morgan fingerprint density at radius 1 is 0.550 bits per heavy atom. The molecule has 0 heterocycles. The number of hydrogen-bond donors (Lipinski definition) is 0. The van der Waals surface area contributed by atoms with Crippen molar-refractivity contribution in [2.24, 2.45) is 0 Å². The molecule has 2 heteroatoms. The van der Waals surface area contributed by atoms with E-state index in [1.54, 1.807) is 0 Å². The van der Waals surface area contributed by atoms with Crippen LogP contribution in [0.5, 0.6) is 0 Å². The second-order valence-electron chi connectivity index (χ2n) is 10.6. The van der Waals surface area contributed by atoms with Gasteiger partial charge in [-0.05, 0) is 83.9 Å². The van der Waals surface area contributed by atoms with E-state index in [0.29, 0.717) is 0 Å². The second kappa shape index (κ2) is 9.97. The van der Waals surface area contributed by atoms with Gasteiger partial charge in [0, 0.05) is 0 Å². The standard InChI is InChI=1S/C38H28Cl2/c1-2-38(40,36-33-17-9-5-13-28(33)24-29-14-6-10-18-34(29)36)30-21-19-25(20-22-30)37(39)35-31-15-7-3-11-26(31)23-27-12-4-8-16-32(27)35/h3-24,37H,2H2,1H3. The zero-order valence-electron chi connectivity index (χ0n) is 22.2. The number of rotatable bonds is 5. The molecular formula is C38H28Cl2. The van der Waals surface area contributed by atoms with Crippen LogP contribution in [0.15, 0.2) is 133 Å². The molecule has 2 unspecified atom stereocenters. The maximum Gasteiger partial charge on any atom is 0.0953 e. The van der Waals surface area contributed by atoms with Crippen LogP contribution in [-0.2, 0) is 4.87 Å². The molecule has 0 aliphatic heterocycles. The fourth-order valence-corrected chi connectivity index (χ4v) is 7.08. The average Bonchev–Trinajstić information content (AvgIpc) is 3.01. The van der Waals surface area contributed by atoms with Crippen molar-refractivity contribution in [1.82, 2.24) is 0 Å². The summed E-state index contributed by atoms with van der Waals surface area (Å²) >= 11 is 15.0. The first kappa shape index (κ1) is 25.1. The minimum absolute atomic E-state index is 0.296. The third-order valence-corrected chi connectivity index (χ3v) is 9.53. The number of fused-ring (bicyclic) bond motifs is 4. The Kier molecular flexibility index (Phi) is 6.27. The predicted molar refractivity (Wildman–Crippen MR) is 174 cm³/mol. The fourth-order valence-electron chi connectivity index (χ4n) is 6.37. The summed E-state index contributed by atoms with van der Waals surface area (Å²) in [5.74, 6) is 0. The zero-order valence-corrected chi connectivity index (χ0v) is 23.8. The van der Waals surface area contributed by atoms with E-state index in [9.17, 15) is 0 Å². The van der Waals surface area contributed by atoms with Gasteiger partial charge in [-0.1, -0.05) is 128 Å². The Hall–Kier alpha value is -3.84. The summed E-state index contributed by atoms with van der Waals surface area (Å²) in [6, 6.07) is 47.3. The maximum absolute atomic E-state index is 7.70. The molecule has 0 fully saturated rings. The summed E-state index contributed by atoms with van der Waals surface area (Å²) in [5, 5.41) is 9.28. The van der Waals surface area contributed by atoms with Gasteiger partial charge < -0.3 is 0 Å². The first-order chi connectivity index (χ1) is 19.6. The summed E-state index contributed by atoms with van der Waals surface area (Å²) in [4.78, 5) is -0.688. The van der Waals surface area contributed by atoms with Gasteiger partial charge in [0.2, 0.25) is 0 Å². The molecule has 0 amide bonds. The molecule has 7 aromatic carbocycles. The first-order valence-corrected chi connectivity index (χ1v) is 14.6. The molecule has 0 nitrogen and oxygen atoms in total. The Labute approximate surface area is 244 Å². The Morgan fingerprint density at radius 3 is 1.40 bits per heavy atom. The highest BCUT2D eigenvalue weighted by molar-refractivity contribution is 6.29. The second-order valence-corrected chi connectivity index (χ2v) is 11.6.